The van der Waals surface area contributed by atoms with E-state index in [1.165, 1.54) is 0 Å². The van der Waals surface area contributed by atoms with Crippen molar-refractivity contribution < 1.29 is 24.2 Å². The Labute approximate surface area is 140 Å². The molecule has 0 aliphatic rings. The van der Waals surface area contributed by atoms with E-state index < -0.39 is 23.7 Å². The van der Waals surface area contributed by atoms with Gasteiger partial charge in [-0.25, -0.2) is 9.59 Å². The molecule has 1 rings (SSSR count). The Morgan fingerprint density at radius 1 is 1.26 bits per heavy atom. The van der Waals surface area contributed by atoms with Crippen LogP contribution in [0.3, 0.4) is 0 Å². The monoisotopic (exact) mass is 341 g/mol. The van der Waals surface area contributed by atoms with Crippen LogP contribution >= 0.6 is 11.8 Å². The van der Waals surface area contributed by atoms with Gasteiger partial charge < -0.3 is 19.9 Å². The molecule has 0 aliphatic heterocycles. The SMILES string of the molecule is CSCOc1ccc(C[C@@H](NC(=O)OC(C)(C)C)C(=O)O)cc1. The lowest BCUT2D eigenvalue weighted by atomic mass is 10.1. The predicted molar refractivity (Wildman–Crippen MR) is 89.9 cm³/mol. The first kappa shape index (κ1) is 19.2. The predicted octanol–water partition coefficient (Wildman–Crippen LogP) is 2.91. The van der Waals surface area contributed by atoms with Crippen LogP contribution in [0.5, 0.6) is 5.75 Å². The van der Waals surface area contributed by atoms with Crippen LogP contribution in [0.4, 0.5) is 4.79 Å². The minimum absolute atomic E-state index is 0.164. The van der Waals surface area contributed by atoms with Crippen LogP contribution in [0, 0.1) is 0 Å². The van der Waals surface area contributed by atoms with E-state index in [-0.39, 0.29) is 6.42 Å². The molecule has 0 aliphatic carbocycles. The van der Waals surface area contributed by atoms with Crippen molar-refractivity contribution in [3.63, 3.8) is 0 Å². The molecule has 0 bridgehead atoms. The number of hydrogen-bond donors (Lipinski definition) is 2. The van der Waals surface area contributed by atoms with E-state index in [1.807, 2.05) is 6.26 Å². The summed E-state index contributed by atoms with van der Waals surface area (Å²) in [5.74, 6) is 0.158. The van der Waals surface area contributed by atoms with Crippen LogP contribution < -0.4 is 10.1 Å². The third kappa shape index (κ3) is 7.78. The first-order valence-corrected chi connectivity index (χ1v) is 8.53. The number of amides is 1. The second kappa shape index (κ2) is 8.67. The van der Waals surface area contributed by atoms with Crippen LogP contribution in [0.1, 0.15) is 26.3 Å². The van der Waals surface area contributed by atoms with Crippen molar-refractivity contribution in [3.05, 3.63) is 29.8 Å². The third-order valence-electron chi connectivity index (χ3n) is 2.70. The van der Waals surface area contributed by atoms with Gasteiger partial charge in [-0.2, -0.15) is 0 Å². The summed E-state index contributed by atoms with van der Waals surface area (Å²) < 4.78 is 10.5. The van der Waals surface area contributed by atoms with Crippen molar-refractivity contribution in [2.45, 2.75) is 38.8 Å². The molecule has 7 heteroatoms. The summed E-state index contributed by atoms with van der Waals surface area (Å²) in [5.41, 5.74) is 0.105. The number of ether oxygens (including phenoxy) is 2. The highest BCUT2D eigenvalue weighted by Gasteiger charge is 2.24. The number of rotatable bonds is 7. The molecule has 0 fully saturated rings. The Morgan fingerprint density at radius 2 is 1.87 bits per heavy atom. The zero-order valence-electron chi connectivity index (χ0n) is 13.8. The molecule has 0 saturated heterocycles. The van der Waals surface area contributed by atoms with Crippen molar-refractivity contribution in [2.75, 3.05) is 12.2 Å². The lowest BCUT2D eigenvalue weighted by Gasteiger charge is -2.22. The lowest BCUT2D eigenvalue weighted by molar-refractivity contribution is -0.139. The summed E-state index contributed by atoms with van der Waals surface area (Å²) in [7, 11) is 0. The number of thioether (sulfide) groups is 1. The number of carboxylic acid groups (broad SMARTS) is 1. The van der Waals surface area contributed by atoms with Gasteiger partial charge in [-0.15, -0.1) is 11.8 Å². The van der Waals surface area contributed by atoms with E-state index in [0.29, 0.717) is 5.94 Å². The highest BCUT2D eigenvalue weighted by atomic mass is 32.2. The van der Waals surface area contributed by atoms with Gasteiger partial charge in [0.25, 0.3) is 0 Å². The number of carbonyl (C=O) groups excluding carboxylic acids is 1. The van der Waals surface area contributed by atoms with Crippen LogP contribution in [-0.4, -0.2) is 41.0 Å². The smallest absolute Gasteiger partial charge is 0.408 e. The summed E-state index contributed by atoms with van der Waals surface area (Å²) in [6.07, 6.45) is 1.36. The standard InChI is InChI=1S/C16H23NO5S/c1-16(2,3)22-15(20)17-13(14(18)19)9-11-5-7-12(8-6-11)21-10-23-4/h5-8,13H,9-10H2,1-4H3,(H,17,20)(H,18,19)/t13-/m1/s1. The number of carboxylic acids is 1. The lowest BCUT2D eigenvalue weighted by Crippen LogP contribution is -2.44. The Bertz CT molecular complexity index is 524. The molecule has 6 nitrogen and oxygen atoms in total. The molecule has 1 atom stereocenters. The molecular formula is C16H23NO5S. The molecule has 0 spiro atoms. The fourth-order valence-electron chi connectivity index (χ4n) is 1.73. The second-order valence-corrected chi connectivity index (χ2v) is 6.75. The zero-order valence-corrected chi connectivity index (χ0v) is 14.6. The number of carbonyl (C=O) groups is 2. The van der Waals surface area contributed by atoms with E-state index in [1.54, 1.807) is 56.8 Å². The Balaban J connectivity index is 2.65. The third-order valence-corrected chi connectivity index (χ3v) is 3.05. The number of hydrogen-bond acceptors (Lipinski definition) is 5. The number of alkyl carbamates (subject to hydrolysis) is 1. The molecule has 1 amide bonds. The minimum Gasteiger partial charge on any atom is -0.483 e. The van der Waals surface area contributed by atoms with Crippen LogP contribution in [0.25, 0.3) is 0 Å². The van der Waals surface area contributed by atoms with Gasteiger partial charge in [0.1, 0.15) is 23.3 Å². The molecular weight excluding hydrogens is 318 g/mol. The number of nitrogens with one attached hydrogen (secondary N) is 1. The quantitative estimate of drug-likeness (QED) is 0.742. The Morgan fingerprint density at radius 3 is 2.35 bits per heavy atom. The van der Waals surface area contributed by atoms with E-state index >= 15 is 0 Å². The molecule has 1 aromatic rings. The fraction of sp³-hybridized carbons (Fsp3) is 0.500. The molecule has 0 radical (unpaired) electrons. The summed E-state index contributed by atoms with van der Waals surface area (Å²) in [4.78, 5) is 23.0. The van der Waals surface area contributed by atoms with Gasteiger partial charge >= 0.3 is 12.1 Å². The zero-order chi connectivity index (χ0) is 17.5. The van der Waals surface area contributed by atoms with Crippen LogP contribution in [0.2, 0.25) is 0 Å². The van der Waals surface area contributed by atoms with E-state index in [0.717, 1.165) is 11.3 Å². The van der Waals surface area contributed by atoms with E-state index in [2.05, 4.69) is 5.32 Å². The average Bonchev–Trinajstić information content (AvgIpc) is 2.43. The molecule has 1 aromatic carbocycles. The van der Waals surface area contributed by atoms with Gasteiger partial charge in [0.15, 0.2) is 0 Å². The fourth-order valence-corrected chi connectivity index (χ4v) is 1.99. The molecule has 2 N–H and O–H groups in total. The topological polar surface area (TPSA) is 84.9 Å². The Kier molecular flexibility index (Phi) is 7.22. The van der Waals surface area contributed by atoms with Gasteiger partial charge in [0, 0.05) is 6.42 Å². The van der Waals surface area contributed by atoms with Gasteiger partial charge in [0.2, 0.25) is 0 Å². The maximum absolute atomic E-state index is 11.7. The summed E-state index contributed by atoms with van der Waals surface area (Å²) in [6, 6.07) is 6.06. The van der Waals surface area contributed by atoms with Gasteiger partial charge in [-0.1, -0.05) is 12.1 Å². The summed E-state index contributed by atoms with van der Waals surface area (Å²) >= 11 is 1.57. The van der Waals surface area contributed by atoms with E-state index in [9.17, 15) is 14.7 Å². The molecule has 0 saturated carbocycles. The maximum Gasteiger partial charge on any atom is 0.408 e. The molecule has 0 unspecified atom stereocenters. The summed E-state index contributed by atoms with van der Waals surface area (Å²) in [6.45, 7) is 5.15. The second-order valence-electron chi connectivity index (χ2n) is 5.94. The average molecular weight is 341 g/mol. The molecule has 23 heavy (non-hydrogen) atoms. The highest BCUT2D eigenvalue weighted by Crippen LogP contribution is 2.15. The first-order chi connectivity index (χ1) is 10.7. The Hall–Kier alpha value is -1.89. The van der Waals surface area contributed by atoms with Crippen molar-refractivity contribution in [3.8, 4) is 5.75 Å². The molecule has 128 valence electrons. The first-order valence-electron chi connectivity index (χ1n) is 7.14. The normalized spacial score (nSPS) is 12.3. The van der Waals surface area contributed by atoms with Gasteiger partial charge in [-0.3, -0.25) is 0 Å². The van der Waals surface area contributed by atoms with Crippen molar-refractivity contribution in [1.29, 1.82) is 0 Å². The van der Waals surface area contributed by atoms with Crippen molar-refractivity contribution >= 4 is 23.8 Å². The summed E-state index contributed by atoms with van der Waals surface area (Å²) in [5, 5.41) is 11.6. The van der Waals surface area contributed by atoms with E-state index in [4.69, 9.17) is 9.47 Å². The molecule has 0 aromatic heterocycles. The maximum atomic E-state index is 11.7. The van der Waals surface area contributed by atoms with Crippen LogP contribution in [-0.2, 0) is 16.0 Å². The largest absolute Gasteiger partial charge is 0.483 e. The van der Waals surface area contributed by atoms with Gasteiger partial charge in [-0.05, 0) is 44.7 Å². The van der Waals surface area contributed by atoms with Gasteiger partial charge in [0.05, 0.1) is 0 Å². The van der Waals surface area contributed by atoms with Crippen LogP contribution in [0.15, 0.2) is 24.3 Å². The van der Waals surface area contributed by atoms with Crippen molar-refractivity contribution in [1.82, 2.24) is 5.32 Å². The van der Waals surface area contributed by atoms with Crippen molar-refractivity contribution in [2.24, 2.45) is 0 Å². The highest BCUT2D eigenvalue weighted by molar-refractivity contribution is 7.98. The number of benzene rings is 1. The molecule has 0 heterocycles. The number of aliphatic carboxylic acids is 1. The minimum atomic E-state index is -1.11.